The SMILES string of the molecule is CNC(=O)[C@@H]1CN(C(C)c2ccc(C(F)(F)F)nc2)C(=O)c2c3c(nn21)C[C@@H](C)N(C(=O)c1ccc(Cl)c(Cl)c1)C3. The Morgan fingerprint density at radius 2 is 1.88 bits per heavy atom. The molecule has 0 radical (unpaired) electrons. The molecule has 1 aromatic carbocycles. The van der Waals surface area contributed by atoms with E-state index >= 15 is 0 Å². The van der Waals surface area contributed by atoms with Crippen molar-refractivity contribution in [1.29, 1.82) is 0 Å². The number of hydrogen-bond donors (Lipinski definition) is 1. The Bertz CT molecular complexity index is 1540. The summed E-state index contributed by atoms with van der Waals surface area (Å²) in [5.41, 5.74) is 0.917. The molecule has 4 heterocycles. The highest BCUT2D eigenvalue weighted by atomic mass is 35.5. The molecule has 14 heteroatoms. The first kappa shape index (κ1) is 28.9. The molecule has 41 heavy (non-hydrogen) atoms. The molecule has 0 saturated heterocycles. The van der Waals surface area contributed by atoms with Gasteiger partial charge < -0.3 is 15.1 Å². The van der Waals surface area contributed by atoms with E-state index in [1.54, 1.807) is 17.9 Å². The topological polar surface area (TPSA) is 100 Å². The Kier molecular flexibility index (Phi) is 7.49. The quantitative estimate of drug-likeness (QED) is 0.463. The molecule has 0 bridgehead atoms. The molecule has 0 spiro atoms. The van der Waals surface area contributed by atoms with Crippen molar-refractivity contribution in [2.75, 3.05) is 13.6 Å². The normalized spacial score (nSPS) is 19.5. The predicted molar refractivity (Wildman–Crippen MR) is 144 cm³/mol. The molecule has 9 nitrogen and oxygen atoms in total. The van der Waals surface area contributed by atoms with Gasteiger partial charge in [-0.1, -0.05) is 29.3 Å². The van der Waals surface area contributed by atoms with Crippen LogP contribution in [-0.4, -0.2) is 61.9 Å². The summed E-state index contributed by atoms with van der Waals surface area (Å²) in [6.07, 6.45) is -3.18. The molecule has 0 fully saturated rings. The van der Waals surface area contributed by atoms with E-state index in [0.29, 0.717) is 33.8 Å². The maximum absolute atomic E-state index is 14.0. The van der Waals surface area contributed by atoms with Gasteiger partial charge in [-0.2, -0.15) is 18.3 Å². The molecule has 2 aliphatic heterocycles. The molecule has 2 aliphatic rings. The maximum atomic E-state index is 14.0. The fourth-order valence-electron chi connectivity index (χ4n) is 5.26. The first-order valence-corrected chi connectivity index (χ1v) is 13.5. The number of carbonyl (C=O) groups excluding carboxylic acids is 3. The first-order valence-electron chi connectivity index (χ1n) is 12.7. The van der Waals surface area contributed by atoms with Gasteiger partial charge >= 0.3 is 6.18 Å². The molecule has 3 atom stereocenters. The number of halogens is 5. The lowest BCUT2D eigenvalue weighted by Gasteiger charge is -2.38. The number of pyridine rings is 1. The van der Waals surface area contributed by atoms with Gasteiger partial charge in [-0.3, -0.25) is 19.4 Å². The molecule has 0 aliphatic carbocycles. The summed E-state index contributed by atoms with van der Waals surface area (Å²) in [4.78, 5) is 46.9. The largest absolute Gasteiger partial charge is 0.433 e. The summed E-state index contributed by atoms with van der Waals surface area (Å²) in [6, 6.07) is 4.84. The van der Waals surface area contributed by atoms with Gasteiger partial charge in [0.25, 0.3) is 11.8 Å². The molecule has 216 valence electrons. The third-order valence-corrected chi connectivity index (χ3v) is 8.31. The minimum atomic E-state index is -4.60. The minimum absolute atomic E-state index is 0.0567. The standard InChI is InChI=1S/C27H25Cl2F3N6O3/c1-13-8-20-17(11-36(13)25(40)15-4-6-18(28)19(29)9-15)23-26(41)37(12-21(24(39)33-3)38(23)35-20)14(2)16-5-7-22(34-10-16)27(30,31)32/h4-7,9-10,13-14,21H,8,11-12H2,1-3H3,(H,33,39)/t13-,14?,21+/m1/s1. The van der Waals surface area contributed by atoms with Crippen LogP contribution in [0.2, 0.25) is 10.0 Å². The summed E-state index contributed by atoms with van der Waals surface area (Å²) in [6.45, 7) is 3.52. The van der Waals surface area contributed by atoms with E-state index in [-0.39, 0.29) is 35.8 Å². The minimum Gasteiger partial charge on any atom is -0.357 e. The van der Waals surface area contributed by atoms with Crippen molar-refractivity contribution in [1.82, 2.24) is 29.9 Å². The Hall–Kier alpha value is -3.64. The molecular weight excluding hydrogens is 584 g/mol. The second-order valence-corrected chi connectivity index (χ2v) is 10.9. The summed E-state index contributed by atoms with van der Waals surface area (Å²) in [7, 11) is 1.47. The van der Waals surface area contributed by atoms with Gasteiger partial charge in [0.2, 0.25) is 5.91 Å². The average molecular weight is 609 g/mol. The van der Waals surface area contributed by atoms with E-state index in [1.165, 1.54) is 34.8 Å². The number of benzene rings is 1. The number of nitrogens with one attached hydrogen (secondary N) is 1. The van der Waals surface area contributed by atoms with Crippen LogP contribution in [0.3, 0.4) is 0 Å². The van der Waals surface area contributed by atoms with E-state index in [2.05, 4.69) is 15.4 Å². The van der Waals surface area contributed by atoms with Crippen molar-refractivity contribution in [3.05, 3.63) is 80.3 Å². The van der Waals surface area contributed by atoms with E-state index in [9.17, 15) is 27.6 Å². The number of fused-ring (bicyclic) bond motifs is 3. The molecule has 3 amide bonds. The molecule has 3 aromatic rings. The van der Waals surface area contributed by atoms with Crippen LogP contribution in [0.15, 0.2) is 36.5 Å². The van der Waals surface area contributed by atoms with Crippen LogP contribution in [0.1, 0.15) is 69.3 Å². The molecule has 2 aromatic heterocycles. The lowest BCUT2D eigenvalue weighted by Crippen LogP contribution is -2.49. The second-order valence-electron chi connectivity index (χ2n) is 10.1. The van der Waals surface area contributed by atoms with Crippen LogP contribution < -0.4 is 5.32 Å². The maximum Gasteiger partial charge on any atom is 0.433 e. The molecule has 1 unspecified atom stereocenters. The van der Waals surface area contributed by atoms with E-state index in [1.807, 2.05) is 6.92 Å². The van der Waals surface area contributed by atoms with Crippen LogP contribution in [0, 0.1) is 0 Å². The van der Waals surface area contributed by atoms with Crippen molar-refractivity contribution in [2.24, 2.45) is 0 Å². The number of nitrogens with zero attached hydrogens (tertiary/aromatic N) is 5. The van der Waals surface area contributed by atoms with Crippen LogP contribution in [0.4, 0.5) is 13.2 Å². The summed E-state index contributed by atoms with van der Waals surface area (Å²) in [5, 5.41) is 7.78. The number of aromatic nitrogens is 3. The number of rotatable bonds is 4. The second kappa shape index (κ2) is 10.6. The fraction of sp³-hybridized carbons (Fsp3) is 0.370. The Morgan fingerprint density at radius 1 is 1.15 bits per heavy atom. The van der Waals surface area contributed by atoms with Gasteiger partial charge in [0.15, 0.2) is 0 Å². The number of likely N-dealkylation sites (N-methyl/N-ethyl adjacent to an activating group) is 1. The Balaban J connectivity index is 1.52. The smallest absolute Gasteiger partial charge is 0.357 e. The molecule has 1 N–H and O–H groups in total. The van der Waals surface area contributed by atoms with Crippen LogP contribution in [-0.2, 0) is 23.9 Å². The lowest BCUT2D eigenvalue weighted by molar-refractivity contribution is -0.141. The van der Waals surface area contributed by atoms with Gasteiger partial charge in [-0.25, -0.2) is 4.68 Å². The van der Waals surface area contributed by atoms with Crippen molar-refractivity contribution >= 4 is 40.9 Å². The molecular formula is C27H25Cl2F3N6O3. The van der Waals surface area contributed by atoms with Crippen molar-refractivity contribution in [3.63, 3.8) is 0 Å². The third-order valence-electron chi connectivity index (χ3n) is 7.57. The fourth-order valence-corrected chi connectivity index (χ4v) is 5.56. The highest BCUT2D eigenvalue weighted by Gasteiger charge is 2.43. The zero-order valence-electron chi connectivity index (χ0n) is 22.2. The molecule has 0 saturated carbocycles. The van der Waals surface area contributed by atoms with Gasteiger partial charge in [0, 0.05) is 36.8 Å². The Labute approximate surface area is 243 Å². The Morgan fingerprint density at radius 3 is 2.49 bits per heavy atom. The summed E-state index contributed by atoms with van der Waals surface area (Å²) in [5.74, 6) is -1.16. The third kappa shape index (κ3) is 5.14. The van der Waals surface area contributed by atoms with Crippen LogP contribution >= 0.6 is 23.2 Å². The van der Waals surface area contributed by atoms with Crippen molar-refractivity contribution < 1.29 is 27.6 Å². The highest BCUT2D eigenvalue weighted by molar-refractivity contribution is 6.42. The van der Waals surface area contributed by atoms with Crippen LogP contribution in [0.25, 0.3) is 0 Å². The number of amides is 3. The number of hydrogen-bond acceptors (Lipinski definition) is 5. The van der Waals surface area contributed by atoms with Crippen molar-refractivity contribution in [3.8, 4) is 0 Å². The van der Waals surface area contributed by atoms with E-state index < -0.39 is 35.8 Å². The summed E-state index contributed by atoms with van der Waals surface area (Å²) >= 11 is 12.1. The predicted octanol–water partition coefficient (Wildman–Crippen LogP) is 4.69. The zero-order chi connectivity index (χ0) is 29.8. The summed E-state index contributed by atoms with van der Waals surface area (Å²) < 4.78 is 40.5. The van der Waals surface area contributed by atoms with E-state index in [4.69, 9.17) is 23.2 Å². The van der Waals surface area contributed by atoms with Crippen LogP contribution in [0.5, 0.6) is 0 Å². The first-order chi connectivity index (χ1) is 19.3. The van der Waals surface area contributed by atoms with E-state index in [0.717, 1.165) is 12.3 Å². The van der Waals surface area contributed by atoms with Gasteiger partial charge in [-0.05, 0) is 43.7 Å². The van der Waals surface area contributed by atoms with Gasteiger partial charge in [-0.15, -0.1) is 0 Å². The highest BCUT2D eigenvalue weighted by Crippen LogP contribution is 2.36. The number of carbonyl (C=O) groups is 3. The van der Waals surface area contributed by atoms with Gasteiger partial charge in [0.05, 0.1) is 34.9 Å². The van der Waals surface area contributed by atoms with Gasteiger partial charge in [0.1, 0.15) is 17.4 Å². The lowest BCUT2D eigenvalue weighted by atomic mass is 9.96. The monoisotopic (exact) mass is 608 g/mol. The zero-order valence-corrected chi connectivity index (χ0v) is 23.7. The van der Waals surface area contributed by atoms with Crippen molar-refractivity contribution in [2.45, 2.75) is 51.1 Å². The number of alkyl halides is 3. The molecule has 5 rings (SSSR count). The average Bonchev–Trinajstić information content (AvgIpc) is 3.31.